The lowest BCUT2D eigenvalue weighted by Crippen LogP contribution is -3.11. The normalized spacial score (nSPS) is 15.7. The Hall–Kier alpha value is -3.06. The fraction of sp³-hybridized carbons (Fsp3) is 0.364. The second kappa shape index (κ2) is 8.96. The minimum atomic E-state index is -0.714. The van der Waals surface area contributed by atoms with E-state index in [9.17, 15) is 9.59 Å². The van der Waals surface area contributed by atoms with E-state index in [1.165, 1.54) is 37.9 Å². The third kappa shape index (κ3) is 5.06. The average molecular weight is 396 g/mol. The fourth-order valence-corrected chi connectivity index (χ4v) is 3.72. The van der Waals surface area contributed by atoms with E-state index in [1.807, 2.05) is 12.1 Å². The molecule has 0 atom stereocenters. The highest BCUT2D eigenvalue weighted by molar-refractivity contribution is 6.39. The molecule has 29 heavy (non-hydrogen) atoms. The SMILES string of the molecule is O=C(NCc1ccc(C[NH+]2CCCCC2)cc1)C(=O)Nc1ccc2c(c1)OCO2. The lowest BCUT2D eigenvalue weighted by molar-refractivity contribution is -0.918. The van der Waals surface area contributed by atoms with Gasteiger partial charge in [0.25, 0.3) is 0 Å². The molecule has 1 saturated heterocycles. The van der Waals surface area contributed by atoms with Crippen molar-refractivity contribution < 1.29 is 24.0 Å². The molecular formula is C22H26N3O4+. The van der Waals surface area contributed by atoms with E-state index in [0.29, 0.717) is 23.7 Å². The zero-order chi connectivity index (χ0) is 20.1. The van der Waals surface area contributed by atoms with Gasteiger partial charge in [0, 0.05) is 23.9 Å². The van der Waals surface area contributed by atoms with E-state index in [2.05, 4.69) is 22.8 Å². The minimum Gasteiger partial charge on any atom is -0.454 e. The molecule has 2 aliphatic rings. The summed E-state index contributed by atoms with van der Waals surface area (Å²) in [5, 5.41) is 5.23. The van der Waals surface area contributed by atoms with Crippen molar-refractivity contribution >= 4 is 17.5 Å². The van der Waals surface area contributed by atoms with Gasteiger partial charge in [0.15, 0.2) is 11.5 Å². The molecule has 2 aromatic carbocycles. The second-order valence-electron chi connectivity index (χ2n) is 7.51. The van der Waals surface area contributed by atoms with E-state index < -0.39 is 11.8 Å². The van der Waals surface area contributed by atoms with E-state index in [0.717, 1.165) is 12.1 Å². The van der Waals surface area contributed by atoms with Crippen LogP contribution in [0.5, 0.6) is 11.5 Å². The number of anilines is 1. The monoisotopic (exact) mass is 396 g/mol. The number of quaternary nitrogens is 1. The summed E-state index contributed by atoms with van der Waals surface area (Å²) in [6.07, 6.45) is 3.98. The van der Waals surface area contributed by atoms with Gasteiger partial charge in [0.05, 0.1) is 13.1 Å². The first kappa shape index (κ1) is 19.3. The molecule has 2 heterocycles. The Bertz CT molecular complexity index is 876. The van der Waals surface area contributed by atoms with Crippen LogP contribution in [0.25, 0.3) is 0 Å². The van der Waals surface area contributed by atoms with Crippen LogP contribution in [-0.2, 0) is 22.7 Å². The van der Waals surface area contributed by atoms with Crippen LogP contribution in [-0.4, -0.2) is 31.7 Å². The number of carbonyl (C=O) groups is 2. The van der Waals surface area contributed by atoms with E-state index >= 15 is 0 Å². The maximum absolute atomic E-state index is 12.1. The van der Waals surface area contributed by atoms with Crippen LogP contribution in [0.1, 0.15) is 30.4 Å². The van der Waals surface area contributed by atoms with Crippen molar-refractivity contribution in [3.63, 3.8) is 0 Å². The molecule has 0 spiro atoms. The Balaban J connectivity index is 1.24. The molecule has 2 aromatic rings. The number of hydrogen-bond acceptors (Lipinski definition) is 4. The van der Waals surface area contributed by atoms with Crippen molar-refractivity contribution in [3.05, 3.63) is 53.6 Å². The summed E-state index contributed by atoms with van der Waals surface area (Å²) in [5.74, 6) is -0.217. The topological polar surface area (TPSA) is 81.1 Å². The van der Waals surface area contributed by atoms with Crippen LogP contribution in [0.4, 0.5) is 5.69 Å². The summed E-state index contributed by atoms with van der Waals surface area (Å²) in [6.45, 7) is 4.01. The van der Waals surface area contributed by atoms with Crippen LogP contribution in [0.2, 0.25) is 0 Å². The predicted octanol–water partition coefficient (Wildman–Crippen LogP) is 1.24. The van der Waals surface area contributed by atoms with Gasteiger partial charge in [-0.3, -0.25) is 9.59 Å². The summed E-state index contributed by atoms with van der Waals surface area (Å²) >= 11 is 0. The first-order valence-electron chi connectivity index (χ1n) is 10.1. The van der Waals surface area contributed by atoms with Gasteiger partial charge in [-0.25, -0.2) is 0 Å². The fourth-order valence-electron chi connectivity index (χ4n) is 3.72. The number of fused-ring (bicyclic) bond motifs is 1. The molecule has 0 saturated carbocycles. The van der Waals surface area contributed by atoms with Crippen LogP contribution < -0.4 is 25.0 Å². The number of carbonyl (C=O) groups excluding carboxylic acids is 2. The Morgan fingerprint density at radius 2 is 1.59 bits per heavy atom. The predicted molar refractivity (Wildman–Crippen MR) is 108 cm³/mol. The molecule has 0 radical (unpaired) electrons. The van der Waals surface area contributed by atoms with Gasteiger partial charge in [0.2, 0.25) is 6.79 Å². The van der Waals surface area contributed by atoms with Gasteiger partial charge in [0.1, 0.15) is 6.54 Å². The Morgan fingerprint density at radius 1 is 0.862 bits per heavy atom. The summed E-state index contributed by atoms with van der Waals surface area (Å²) in [5.41, 5.74) is 2.75. The maximum atomic E-state index is 12.1. The number of amides is 2. The molecule has 0 aromatic heterocycles. The van der Waals surface area contributed by atoms with Gasteiger partial charge in [-0.05, 0) is 37.0 Å². The Labute approximate surface area is 170 Å². The van der Waals surface area contributed by atoms with Gasteiger partial charge in [-0.1, -0.05) is 24.3 Å². The van der Waals surface area contributed by atoms with E-state index in [1.54, 1.807) is 23.1 Å². The van der Waals surface area contributed by atoms with Crippen molar-refractivity contribution in [1.29, 1.82) is 0 Å². The standard InChI is InChI=1S/C22H25N3O4/c26-21(22(27)24-18-8-9-19-20(12-18)29-15-28-19)23-13-16-4-6-17(7-5-16)14-25-10-2-1-3-11-25/h4-9,12H,1-3,10-11,13-15H2,(H,23,26)(H,24,27)/p+1. The van der Waals surface area contributed by atoms with E-state index in [-0.39, 0.29) is 6.79 Å². The number of ether oxygens (including phenoxy) is 2. The number of rotatable bonds is 5. The highest BCUT2D eigenvalue weighted by Gasteiger charge is 2.17. The molecule has 0 aliphatic carbocycles. The molecule has 0 unspecified atom stereocenters. The second-order valence-corrected chi connectivity index (χ2v) is 7.51. The van der Waals surface area contributed by atoms with Crippen molar-refractivity contribution in [2.45, 2.75) is 32.4 Å². The summed E-state index contributed by atoms with van der Waals surface area (Å²) < 4.78 is 10.5. The molecule has 3 N–H and O–H groups in total. The van der Waals surface area contributed by atoms with Crippen molar-refractivity contribution in [2.24, 2.45) is 0 Å². The molecule has 7 heteroatoms. The zero-order valence-corrected chi connectivity index (χ0v) is 16.3. The zero-order valence-electron chi connectivity index (χ0n) is 16.3. The van der Waals surface area contributed by atoms with Crippen LogP contribution >= 0.6 is 0 Å². The lowest BCUT2D eigenvalue weighted by Gasteiger charge is -2.23. The number of hydrogen-bond donors (Lipinski definition) is 3. The summed E-state index contributed by atoms with van der Waals surface area (Å²) in [6, 6.07) is 13.2. The molecule has 1 fully saturated rings. The highest BCUT2D eigenvalue weighted by Crippen LogP contribution is 2.34. The third-order valence-electron chi connectivity index (χ3n) is 5.33. The lowest BCUT2D eigenvalue weighted by atomic mass is 10.1. The van der Waals surface area contributed by atoms with Crippen LogP contribution in [0, 0.1) is 0 Å². The quantitative estimate of drug-likeness (QED) is 0.665. The Morgan fingerprint density at radius 3 is 2.38 bits per heavy atom. The number of benzene rings is 2. The van der Waals surface area contributed by atoms with Crippen molar-refractivity contribution in [2.75, 3.05) is 25.2 Å². The number of likely N-dealkylation sites (tertiary alicyclic amines) is 1. The molecule has 2 amide bonds. The molecule has 2 aliphatic heterocycles. The third-order valence-corrected chi connectivity index (χ3v) is 5.33. The summed E-state index contributed by atoms with van der Waals surface area (Å²) in [7, 11) is 0. The van der Waals surface area contributed by atoms with Crippen molar-refractivity contribution in [1.82, 2.24) is 5.32 Å². The molecule has 4 rings (SSSR count). The largest absolute Gasteiger partial charge is 0.454 e. The first-order valence-corrected chi connectivity index (χ1v) is 10.1. The van der Waals surface area contributed by atoms with Gasteiger partial charge in [-0.2, -0.15) is 0 Å². The van der Waals surface area contributed by atoms with Gasteiger partial charge < -0.3 is 25.0 Å². The first-order chi connectivity index (χ1) is 14.2. The molecule has 152 valence electrons. The number of piperidine rings is 1. The smallest absolute Gasteiger partial charge is 0.313 e. The molecule has 7 nitrogen and oxygen atoms in total. The Kier molecular flexibility index (Phi) is 5.95. The maximum Gasteiger partial charge on any atom is 0.313 e. The minimum absolute atomic E-state index is 0.158. The summed E-state index contributed by atoms with van der Waals surface area (Å²) in [4.78, 5) is 25.8. The molecule has 0 bridgehead atoms. The molecular weight excluding hydrogens is 370 g/mol. The van der Waals surface area contributed by atoms with Gasteiger partial charge in [-0.15, -0.1) is 0 Å². The van der Waals surface area contributed by atoms with Crippen LogP contribution in [0.3, 0.4) is 0 Å². The van der Waals surface area contributed by atoms with Crippen LogP contribution in [0.15, 0.2) is 42.5 Å². The number of nitrogens with one attached hydrogen (secondary N) is 3. The average Bonchev–Trinajstić information content (AvgIpc) is 3.21. The van der Waals surface area contributed by atoms with Crippen molar-refractivity contribution in [3.8, 4) is 11.5 Å². The van der Waals surface area contributed by atoms with E-state index in [4.69, 9.17) is 9.47 Å². The van der Waals surface area contributed by atoms with Gasteiger partial charge >= 0.3 is 11.8 Å². The highest BCUT2D eigenvalue weighted by atomic mass is 16.7.